The van der Waals surface area contributed by atoms with Gasteiger partial charge in [-0.2, -0.15) is 0 Å². The van der Waals surface area contributed by atoms with E-state index in [0.717, 1.165) is 22.0 Å². The van der Waals surface area contributed by atoms with Crippen LogP contribution in [-0.4, -0.2) is 21.7 Å². The SMILES string of the molecule is CCOC(=O)C1=C(c2ccccc2)N=c2s/c(=C\c3cn(Cc4ccc(Cl)c(Cl)c4)c4ccccc34)c(=O)n2[C@@H]1c1ccc(F)cc1. The van der Waals surface area contributed by atoms with E-state index in [-0.39, 0.29) is 17.7 Å². The van der Waals surface area contributed by atoms with E-state index >= 15 is 0 Å². The number of nitrogens with zero attached hydrogens (tertiary/aromatic N) is 3. The standard InChI is InChI=1S/C37H26Cl2FN3O3S/c1-2-46-36(45)32-33(23-8-4-3-5-9-23)41-37-43(34(32)24-13-15-26(40)16-14-24)35(44)31(47-37)19-25-21-42(30-11-7-6-10-27(25)30)20-22-12-17-28(38)29(39)18-22/h3-19,21,34H,2,20H2,1H3/b31-19-/t34-/m1/s1. The predicted octanol–water partition coefficient (Wildman–Crippen LogP) is 7.38. The third kappa shape index (κ3) is 5.84. The van der Waals surface area contributed by atoms with Crippen LogP contribution in [0.4, 0.5) is 4.39 Å². The number of rotatable bonds is 7. The van der Waals surface area contributed by atoms with E-state index in [0.29, 0.717) is 42.7 Å². The van der Waals surface area contributed by atoms with Gasteiger partial charge in [-0.15, -0.1) is 0 Å². The van der Waals surface area contributed by atoms with Gasteiger partial charge >= 0.3 is 5.97 Å². The highest BCUT2D eigenvalue weighted by Crippen LogP contribution is 2.35. The Balaban J connectivity index is 1.44. The summed E-state index contributed by atoms with van der Waals surface area (Å²) in [5.74, 6) is -1.02. The molecule has 47 heavy (non-hydrogen) atoms. The molecule has 1 aliphatic rings. The van der Waals surface area contributed by atoms with E-state index < -0.39 is 17.8 Å². The molecular formula is C37H26Cl2FN3O3S. The Morgan fingerprint density at radius 3 is 2.47 bits per heavy atom. The van der Waals surface area contributed by atoms with E-state index in [4.69, 9.17) is 32.9 Å². The highest BCUT2D eigenvalue weighted by molar-refractivity contribution is 7.07. The van der Waals surface area contributed by atoms with Gasteiger partial charge in [-0.1, -0.05) is 101 Å². The van der Waals surface area contributed by atoms with E-state index in [1.807, 2.05) is 79.0 Å². The maximum absolute atomic E-state index is 14.3. The lowest BCUT2D eigenvalue weighted by Gasteiger charge is -2.25. The number of ether oxygens (including phenoxy) is 1. The summed E-state index contributed by atoms with van der Waals surface area (Å²) < 4.78 is 23.7. The van der Waals surface area contributed by atoms with Gasteiger partial charge in [0.05, 0.1) is 38.5 Å². The summed E-state index contributed by atoms with van der Waals surface area (Å²) >= 11 is 13.7. The minimum atomic E-state index is -0.890. The molecule has 0 saturated heterocycles. The Kier molecular flexibility index (Phi) is 8.40. The fourth-order valence-corrected chi connectivity index (χ4v) is 7.21. The summed E-state index contributed by atoms with van der Waals surface area (Å²) in [6.07, 6.45) is 3.86. The van der Waals surface area contributed by atoms with Crippen LogP contribution in [-0.2, 0) is 16.1 Å². The Morgan fingerprint density at radius 1 is 0.979 bits per heavy atom. The molecule has 6 aromatic rings. The highest BCUT2D eigenvalue weighted by atomic mass is 35.5. The largest absolute Gasteiger partial charge is 0.463 e. The van der Waals surface area contributed by atoms with Crippen molar-refractivity contribution < 1.29 is 13.9 Å². The number of fused-ring (bicyclic) bond motifs is 2. The number of para-hydroxylation sites is 1. The van der Waals surface area contributed by atoms with Crippen molar-refractivity contribution >= 4 is 63.2 Å². The fourth-order valence-electron chi connectivity index (χ4n) is 5.90. The van der Waals surface area contributed by atoms with Gasteiger partial charge in [0.25, 0.3) is 5.56 Å². The number of hydrogen-bond acceptors (Lipinski definition) is 5. The molecule has 1 aliphatic heterocycles. The van der Waals surface area contributed by atoms with Crippen molar-refractivity contribution in [3.8, 4) is 0 Å². The molecule has 4 aromatic carbocycles. The van der Waals surface area contributed by atoms with Crippen molar-refractivity contribution in [3.05, 3.63) is 167 Å². The first-order chi connectivity index (χ1) is 22.8. The third-order valence-corrected chi connectivity index (χ3v) is 9.72. The van der Waals surface area contributed by atoms with Crippen LogP contribution in [0, 0.1) is 5.82 Å². The normalized spacial score (nSPS) is 14.7. The Morgan fingerprint density at radius 2 is 1.72 bits per heavy atom. The molecule has 0 fully saturated rings. The summed E-state index contributed by atoms with van der Waals surface area (Å²) in [5, 5.41) is 1.93. The van der Waals surface area contributed by atoms with Gasteiger partial charge in [0.15, 0.2) is 4.80 Å². The van der Waals surface area contributed by atoms with E-state index in [1.54, 1.807) is 25.1 Å². The molecule has 10 heteroatoms. The Hall–Kier alpha value is -4.76. The second-order valence-corrected chi connectivity index (χ2v) is 12.8. The number of hydrogen-bond donors (Lipinski definition) is 0. The summed E-state index contributed by atoms with van der Waals surface area (Å²) in [7, 11) is 0. The first-order valence-electron chi connectivity index (χ1n) is 14.9. The average molecular weight is 683 g/mol. The molecule has 0 N–H and O–H groups in total. The van der Waals surface area contributed by atoms with Crippen LogP contribution in [0.1, 0.15) is 35.2 Å². The van der Waals surface area contributed by atoms with Crippen LogP contribution in [0.2, 0.25) is 10.0 Å². The van der Waals surface area contributed by atoms with E-state index in [2.05, 4.69) is 4.57 Å². The zero-order valence-electron chi connectivity index (χ0n) is 25.0. The van der Waals surface area contributed by atoms with E-state index in [1.165, 1.54) is 28.0 Å². The number of benzene rings is 4. The van der Waals surface area contributed by atoms with Crippen LogP contribution < -0.4 is 14.9 Å². The van der Waals surface area contributed by atoms with Crippen molar-refractivity contribution in [1.82, 2.24) is 9.13 Å². The number of carbonyl (C=O) groups excluding carboxylic acids is 1. The zero-order chi connectivity index (χ0) is 32.7. The second kappa shape index (κ2) is 12.8. The van der Waals surface area contributed by atoms with Gasteiger partial charge in [0.1, 0.15) is 5.82 Å². The molecule has 7 rings (SSSR count). The van der Waals surface area contributed by atoms with E-state index in [9.17, 15) is 14.0 Å². The molecule has 234 valence electrons. The maximum atomic E-state index is 14.3. The number of aromatic nitrogens is 2. The summed E-state index contributed by atoms with van der Waals surface area (Å²) in [6.45, 7) is 2.40. The fraction of sp³-hybridized carbons (Fsp3) is 0.108. The van der Waals surface area contributed by atoms with Crippen LogP contribution >= 0.6 is 34.5 Å². The quantitative estimate of drug-likeness (QED) is 0.165. The minimum Gasteiger partial charge on any atom is -0.463 e. The van der Waals surface area contributed by atoms with Gasteiger partial charge in [0.2, 0.25) is 0 Å². The lowest BCUT2D eigenvalue weighted by Crippen LogP contribution is -2.40. The van der Waals surface area contributed by atoms with Gasteiger partial charge in [-0.05, 0) is 54.5 Å². The third-order valence-electron chi connectivity index (χ3n) is 8.00. The van der Waals surface area contributed by atoms with Crippen LogP contribution in [0.5, 0.6) is 0 Å². The number of carbonyl (C=O) groups is 1. The molecule has 0 unspecified atom stereocenters. The van der Waals surface area contributed by atoms with Crippen molar-refractivity contribution in [2.45, 2.75) is 19.5 Å². The highest BCUT2D eigenvalue weighted by Gasteiger charge is 2.35. The average Bonchev–Trinajstić information content (AvgIpc) is 3.59. The molecule has 0 radical (unpaired) electrons. The summed E-state index contributed by atoms with van der Waals surface area (Å²) in [4.78, 5) is 33.3. The minimum absolute atomic E-state index is 0.136. The van der Waals surface area contributed by atoms with Gasteiger partial charge in [0, 0.05) is 34.8 Å². The zero-order valence-corrected chi connectivity index (χ0v) is 27.3. The topological polar surface area (TPSA) is 65.6 Å². The predicted molar refractivity (Wildman–Crippen MR) is 185 cm³/mol. The molecule has 0 amide bonds. The van der Waals surface area contributed by atoms with Gasteiger partial charge < -0.3 is 9.30 Å². The van der Waals surface area contributed by atoms with Crippen molar-refractivity contribution in [2.24, 2.45) is 4.99 Å². The second-order valence-electron chi connectivity index (χ2n) is 11.0. The number of esters is 1. The van der Waals surface area contributed by atoms with Crippen LogP contribution in [0.15, 0.2) is 119 Å². The van der Waals surface area contributed by atoms with Gasteiger partial charge in [-0.25, -0.2) is 14.2 Å². The lowest BCUT2D eigenvalue weighted by molar-refractivity contribution is -0.138. The number of thiazole rings is 1. The first-order valence-corrected chi connectivity index (χ1v) is 16.5. The Labute approximate surface area is 282 Å². The van der Waals surface area contributed by atoms with Crippen molar-refractivity contribution in [1.29, 1.82) is 0 Å². The molecule has 1 atom stereocenters. The molecule has 0 saturated carbocycles. The lowest BCUT2D eigenvalue weighted by atomic mass is 9.93. The molecule has 3 heterocycles. The first kappa shape index (κ1) is 30.9. The number of halogens is 3. The molecule has 6 nitrogen and oxygen atoms in total. The maximum Gasteiger partial charge on any atom is 0.338 e. The molecule has 0 spiro atoms. The van der Waals surface area contributed by atoms with Crippen molar-refractivity contribution in [3.63, 3.8) is 0 Å². The molecule has 0 aliphatic carbocycles. The van der Waals surface area contributed by atoms with Crippen LogP contribution in [0.3, 0.4) is 0 Å². The smallest absolute Gasteiger partial charge is 0.338 e. The molecule has 2 aromatic heterocycles. The molecule has 0 bridgehead atoms. The van der Waals surface area contributed by atoms with Crippen LogP contribution in [0.25, 0.3) is 22.7 Å². The Bertz CT molecular complexity index is 2380. The van der Waals surface area contributed by atoms with Gasteiger partial charge in [-0.3, -0.25) is 9.36 Å². The van der Waals surface area contributed by atoms with Crippen molar-refractivity contribution in [2.75, 3.05) is 6.61 Å². The molecular weight excluding hydrogens is 656 g/mol. The monoisotopic (exact) mass is 681 g/mol. The summed E-state index contributed by atoms with van der Waals surface area (Å²) in [6, 6.07) is 27.7. The summed E-state index contributed by atoms with van der Waals surface area (Å²) in [5.41, 5.74) is 4.36.